The first-order valence-electron chi connectivity index (χ1n) is 6.50. The van der Waals surface area contributed by atoms with Crippen LogP contribution in [-0.2, 0) is 11.3 Å². The van der Waals surface area contributed by atoms with Crippen molar-refractivity contribution in [2.75, 3.05) is 24.6 Å². The van der Waals surface area contributed by atoms with E-state index in [1.807, 2.05) is 18.2 Å². The maximum Gasteiger partial charge on any atom is 0.0747 e. The molecule has 0 radical (unpaired) electrons. The van der Waals surface area contributed by atoms with Gasteiger partial charge in [-0.25, -0.2) is 0 Å². The Kier molecular flexibility index (Phi) is 4.87. The van der Waals surface area contributed by atoms with Gasteiger partial charge in [-0.15, -0.1) is 0 Å². The van der Waals surface area contributed by atoms with Gasteiger partial charge in [0.15, 0.2) is 0 Å². The van der Waals surface area contributed by atoms with E-state index >= 15 is 0 Å². The molecule has 2 rings (SSSR count). The maximum atomic E-state index is 9.43. The summed E-state index contributed by atoms with van der Waals surface area (Å²) >= 11 is 6.06. The van der Waals surface area contributed by atoms with Crippen LogP contribution in [0.5, 0.6) is 0 Å². The van der Waals surface area contributed by atoms with E-state index in [9.17, 15) is 5.11 Å². The number of halogens is 1. The van der Waals surface area contributed by atoms with Crippen LogP contribution in [0, 0.1) is 0 Å². The van der Waals surface area contributed by atoms with Crippen LogP contribution in [0.3, 0.4) is 0 Å². The van der Waals surface area contributed by atoms with Gasteiger partial charge < -0.3 is 14.7 Å². The summed E-state index contributed by atoms with van der Waals surface area (Å²) in [4.78, 5) is 2.28. The molecule has 0 aliphatic carbocycles. The first-order valence-corrected chi connectivity index (χ1v) is 6.88. The number of ether oxygens (including phenoxy) is 1. The average molecular weight is 270 g/mol. The lowest BCUT2D eigenvalue weighted by Gasteiger charge is -2.27. The molecule has 1 N–H and O–H groups in total. The molecule has 1 saturated heterocycles. The second-order valence-corrected chi connectivity index (χ2v) is 5.07. The van der Waals surface area contributed by atoms with Gasteiger partial charge in [-0.2, -0.15) is 0 Å². The minimum atomic E-state index is 0.0423. The largest absolute Gasteiger partial charge is 0.392 e. The highest BCUT2D eigenvalue weighted by atomic mass is 35.5. The smallest absolute Gasteiger partial charge is 0.0747 e. The molecule has 0 amide bonds. The minimum absolute atomic E-state index is 0.0423. The SMILES string of the molecule is CCC1CN(c2cc(Cl)ccc2CO)CCCO1. The Bertz CT molecular complexity index is 397. The van der Waals surface area contributed by atoms with Gasteiger partial charge in [-0.1, -0.05) is 24.6 Å². The van der Waals surface area contributed by atoms with Crippen molar-refractivity contribution in [2.24, 2.45) is 0 Å². The summed E-state index contributed by atoms with van der Waals surface area (Å²) in [5.41, 5.74) is 1.96. The summed E-state index contributed by atoms with van der Waals surface area (Å²) < 4.78 is 5.77. The van der Waals surface area contributed by atoms with Crippen molar-refractivity contribution >= 4 is 17.3 Å². The number of rotatable bonds is 3. The predicted octanol–water partition coefficient (Wildman–Crippen LogP) is 2.84. The molecule has 1 aromatic rings. The highest BCUT2D eigenvalue weighted by Crippen LogP contribution is 2.27. The molecule has 1 unspecified atom stereocenters. The van der Waals surface area contributed by atoms with Gasteiger partial charge in [0.2, 0.25) is 0 Å². The standard InChI is InChI=1S/C14H20ClNO2/c1-2-13-9-16(6-3-7-18-13)14-8-12(15)5-4-11(14)10-17/h4-5,8,13,17H,2-3,6-7,9-10H2,1H3. The molecular formula is C14H20ClNO2. The van der Waals surface area contributed by atoms with E-state index < -0.39 is 0 Å². The van der Waals surface area contributed by atoms with E-state index in [0.29, 0.717) is 5.02 Å². The zero-order valence-electron chi connectivity index (χ0n) is 10.7. The van der Waals surface area contributed by atoms with E-state index in [4.69, 9.17) is 16.3 Å². The van der Waals surface area contributed by atoms with Crippen LogP contribution in [0.25, 0.3) is 0 Å². The third-order valence-corrected chi connectivity index (χ3v) is 3.60. The molecule has 4 heteroatoms. The summed E-state index contributed by atoms with van der Waals surface area (Å²) in [5, 5.41) is 10.1. The number of aliphatic hydroxyl groups is 1. The molecule has 1 aliphatic heterocycles. The van der Waals surface area contributed by atoms with Crippen LogP contribution >= 0.6 is 11.6 Å². The second-order valence-electron chi connectivity index (χ2n) is 4.63. The molecule has 1 aliphatic rings. The molecule has 1 fully saturated rings. The third-order valence-electron chi connectivity index (χ3n) is 3.36. The number of hydrogen-bond donors (Lipinski definition) is 1. The van der Waals surface area contributed by atoms with Crippen LogP contribution < -0.4 is 4.90 Å². The number of nitrogens with zero attached hydrogens (tertiary/aromatic N) is 1. The summed E-state index contributed by atoms with van der Waals surface area (Å²) in [6, 6.07) is 5.65. The van der Waals surface area contributed by atoms with Crippen LogP contribution in [0.15, 0.2) is 18.2 Å². The lowest BCUT2D eigenvalue weighted by molar-refractivity contribution is 0.0664. The van der Waals surface area contributed by atoms with Crippen molar-refractivity contribution in [3.05, 3.63) is 28.8 Å². The minimum Gasteiger partial charge on any atom is -0.392 e. The zero-order chi connectivity index (χ0) is 13.0. The fraction of sp³-hybridized carbons (Fsp3) is 0.571. The molecule has 100 valence electrons. The normalized spacial score (nSPS) is 20.8. The van der Waals surface area contributed by atoms with Crippen LogP contribution in [0.2, 0.25) is 5.02 Å². The van der Waals surface area contributed by atoms with Crippen molar-refractivity contribution in [2.45, 2.75) is 32.5 Å². The topological polar surface area (TPSA) is 32.7 Å². The number of aliphatic hydroxyl groups excluding tert-OH is 1. The van der Waals surface area contributed by atoms with E-state index in [1.165, 1.54) is 0 Å². The molecule has 1 atom stereocenters. The first kappa shape index (κ1) is 13.7. The van der Waals surface area contributed by atoms with Crippen molar-refractivity contribution in [1.29, 1.82) is 0 Å². The van der Waals surface area contributed by atoms with Crippen molar-refractivity contribution in [3.8, 4) is 0 Å². The molecule has 1 heterocycles. The van der Waals surface area contributed by atoms with E-state index in [1.54, 1.807) is 0 Å². The maximum absolute atomic E-state index is 9.43. The molecular weight excluding hydrogens is 250 g/mol. The Hall–Kier alpha value is -0.770. The van der Waals surface area contributed by atoms with Gasteiger partial charge in [0, 0.05) is 36.0 Å². The summed E-state index contributed by atoms with van der Waals surface area (Å²) in [6.07, 6.45) is 2.28. The van der Waals surface area contributed by atoms with Crippen molar-refractivity contribution in [1.82, 2.24) is 0 Å². The Morgan fingerprint density at radius 2 is 2.33 bits per heavy atom. The van der Waals surface area contributed by atoms with E-state index in [2.05, 4.69) is 11.8 Å². The molecule has 3 nitrogen and oxygen atoms in total. The predicted molar refractivity (Wildman–Crippen MR) is 74.2 cm³/mol. The molecule has 0 saturated carbocycles. The third kappa shape index (κ3) is 3.16. The van der Waals surface area contributed by atoms with Gasteiger partial charge in [0.25, 0.3) is 0 Å². The molecule has 18 heavy (non-hydrogen) atoms. The first-order chi connectivity index (χ1) is 8.74. The number of benzene rings is 1. The summed E-state index contributed by atoms with van der Waals surface area (Å²) in [6.45, 7) is 4.80. The van der Waals surface area contributed by atoms with Crippen LogP contribution in [0.4, 0.5) is 5.69 Å². The average Bonchev–Trinajstić information content (AvgIpc) is 2.64. The Labute approximate surface area is 113 Å². The quantitative estimate of drug-likeness (QED) is 0.916. The van der Waals surface area contributed by atoms with Crippen molar-refractivity contribution < 1.29 is 9.84 Å². The Balaban J connectivity index is 2.25. The van der Waals surface area contributed by atoms with Crippen molar-refractivity contribution in [3.63, 3.8) is 0 Å². The van der Waals surface area contributed by atoms with E-state index in [0.717, 1.165) is 43.8 Å². The van der Waals surface area contributed by atoms with Gasteiger partial charge in [-0.05, 0) is 25.0 Å². The van der Waals surface area contributed by atoms with Crippen LogP contribution in [-0.4, -0.2) is 30.9 Å². The van der Waals surface area contributed by atoms with Gasteiger partial charge in [-0.3, -0.25) is 0 Å². The number of hydrogen-bond acceptors (Lipinski definition) is 3. The molecule has 0 bridgehead atoms. The highest BCUT2D eigenvalue weighted by molar-refractivity contribution is 6.30. The molecule has 0 spiro atoms. The Morgan fingerprint density at radius 1 is 1.50 bits per heavy atom. The summed E-state index contributed by atoms with van der Waals surface area (Å²) in [5.74, 6) is 0. The lowest BCUT2D eigenvalue weighted by atomic mass is 10.1. The van der Waals surface area contributed by atoms with Gasteiger partial charge in [0.1, 0.15) is 0 Å². The monoisotopic (exact) mass is 269 g/mol. The number of anilines is 1. The zero-order valence-corrected chi connectivity index (χ0v) is 11.5. The fourth-order valence-corrected chi connectivity index (χ4v) is 2.49. The second kappa shape index (κ2) is 6.41. The molecule has 1 aromatic carbocycles. The van der Waals surface area contributed by atoms with Crippen LogP contribution in [0.1, 0.15) is 25.3 Å². The van der Waals surface area contributed by atoms with E-state index in [-0.39, 0.29) is 12.7 Å². The lowest BCUT2D eigenvalue weighted by Crippen LogP contribution is -2.32. The molecule has 0 aromatic heterocycles. The van der Waals surface area contributed by atoms with Gasteiger partial charge in [0.05, 0.1) is 12.7 Å². The summed E-state index contributed by atoms with van der Waals surface area (Å²) in [7, 11) is 0. The fourth-order valence-electron chi connectivity index (χ4n) is 2.33. The van der Waals surface area contributed by atoms with Gasteiger partial charge >= 0.3 is 0 Å². The Morgan fingerprint density at radius 3 is 3.06 bits per heavy atom. The highest BCUT2D eigenvalue weighted by Gasteiger charge is 2.19.